The highest BCUT2D eigenvalue weighted by atomic mass is 16.5. The van der Waals surface area contributed by atoms with Gasteiger partial charge in [0.1, 0.15) is 0 Å². The Morgan fingerprint density at radius 1 is 1.67 bits per heavy atom. The zero-order valence-electron chi connectivity index (χ0n) is 6.05. The van der Waals surface area contributed by atoms with Crippen molar-refractivity contribution in [1.82, 2.24) is 0 Å². The minimum Gasteiger partial charge on any atom is -0.390 e. The van der Waals surface area contributed by atoms with Crippen LogP contribution in [0.4, 0.5) is 0 Å². The van der Waals surface area contributed by atoms with Crippen molar-refractivity contribution in [3.63, 3.8) is 0 Å². The molecule has 0 spiro atoms. The summed E-state index contributed by atoms with van der Waals surface area (Å²) in [7, 11) is 0. The van der Waals surface area contributed by atoms with E-state index in [1.807, 2.05) is 13.8 Å². The first kappa shape index (κ1) is 7.03. The molecule has 9 heavy (non-hydrogen) atoms. The summed E-state index contributed by atoms with van der Waals surface area (Å²) in [6.45, 7) is 4.59. The lowest BCUT2D eigenvalue weighted by Gasteiger charge is -2.40. The lowest BCUT2D eigenvalue weighted by molar-refractivity contribution is -0.126. The fraction of sp³-hybridized carbons (Fsp3) is 1.00. The molecule has 0 heterocycles. The molecule has 1 N–H and O–H groups in total. The fourth-order valence-corrected chi connectivity index (χ4v) is 1.27. The van der Waals surface area contributed by atoms with E-state index < -0.39 is 5.60 Å². The van der Waals surface area contributed by atoms with Gasteiger partial charge in [0, 0.05) is 19.4 Å². The van der Waals surface area contributed by atoms with Crippen LogP contribution in [-0.2, 0) is 4.74 Å². The number of aliphatic hydroxyl groups is 1. The zero-order valence-corrected chi connectivity index (χ0v) is 6.05. The predicted octanol–water partition coefficient (Wildman–Crippen LogP) is 0.936. The third-order valence-electron chi connectivity index (χ3n) is 1.74. The maximum absolute atomic E-state index is 9.23. The van der Waals surface area contributed by atoms with E-state index in [1.165, 1.54) is 0 Å². The van der Waals surface area contributed by atoms with E-state index in [2.05, 4.69) is 0 Å². The molecular weight excluding hydrogens is 116 g/mol. The van der Waals surface area contributed by atoms with Crippen LogP contribution in [0, 0.1) is 0 Å². The zero-order chi connectivity index (χ0) is 6.91. The Kier molecular flexibility index (Phi) is 1.78. The first-order valence-electron chi connectivity index (χ1n) is 3.48. The number of hydrogen-bond acceptors (Lipinski definition) is 2. The van der Waals surface area contributed by atoms with Crippen molar-refractivity contribution < 1.29 is 9.84 Å². The molecule has 0 aromatic rings. The molecule has 0 saturated heterocycles. The molecule has 0 amide bonds. The van der Waals surface area contributed by atoms with Crippen LogP contribution in [0.1, 0.15) is 26.7 Å². The van der Waals surface area contributed by atoms with Crippen molar-refractivity contribution in [3.8, 4) is 0 Å². The van der Waals surface area contributed by atoms with E-state index in [4.69, 9.17) is 4.74 Å². The molecule has 0 radical (unpaired) electrons. The summed E-state index contributed by atoms with van der Waals surface area (Å²) in [5.41, 5.74) is -0.431. The summed E-state index contributed by atoms with van der Waals surface area (Å²) in [6, 6.07) is 0. The predicted molar refractivity (Wildman–Crippen MR) is 35.3 cm³/mol. The van der Waals surface area contributed by atoms with Crippen LogP contribution in [-0.4, -0.2) is 23.4 Å². The first-order chi connectivity index (χ1) is 4.14. The van der Waals surface area contributed by atoms with Crippen LogP contribution >= 0.6 is 0 Å². The third-order valence-corrected chi connectivity index (χ3v) is 1.74. The van der Waals surface area contributed by atoms with Crippen LogP contribution in [0.3, 0.4) is 0 Å². The van der Waals surface area contributed by atoms with Crippen LogP contribution in [0.15, 0.2) is 0 Å². The molecule has 0 unspecified atom stereocenters. The van der Waals surface area contributed by atoms with E-state index in [-0.39, 0.29) is 0 Å². The van der Waals surface area contributed by atoms with Gasteiger partial charge in [-0.15, -0.1) is 0 Å². The van der Waals surface area contributed by atoms with Gasteiger partial charge in [-0.3, -0.25) is 0 Å². The Morgan fingerprint density at radius 3 is 2.56 bits per heavy atom. The number of ether oxygens (including phenoxy) is 1. The van der Waals surface area contributed by atoms with E-state index in [0.717, 1.165) is 19.4 Å². The van der Waals surface area contributed by atoms with Crippen molar-refractivity contribution in [2.24, 2.45) is 0 Å². The molecule has 1 aliphatic carbocycles. The molecule has 0 aromatic heterocycles. The molecule has 0 atom stereocenters. The van der Waals surface area contributed by atoms with Crippen LogP contribution in [0.5, 0.6) is 0 Å². The smallest absolute Gasteiger partial charge is 0.0669 e. The lowest BCUT2D eigenvalue weighted by atomic mass is 9.79. The first-order valence-corrected chi connectivity index (χ1v) is 3.48. The summed E-state index contributed by atoms with van der Waals surface area (Å²) in [4.78, 5) is 0. The maximum atomic E-state index is 9.23. The maximum Gasteiger partial charge on any atom is 0.0669 e. The molecule has 1 aliphatic rings. The van der Waals surface area contributed by atoms with Crippen molar-refractivity contribution in [3.05, 3.63) is 0 Å². The fourth-order valence-electron chi connectivity index (χ4n) is 1.27. The van der Waals surface area contributed by atoms with Gasteiger partial charge in [0.25, 0.3) is 0 Å². The minimum absolute atomic E-state index is 0.324. The van der Waals surface area contributed by atoms with Gasteiger partial charge in [-0.2, -0.15) is 0 Å². The number of rotatable bonds is 2. The Labute approximate surface area is 55.8 Å². The van der Waals surface area contributed by atoms with Crippen LogP contribution in [0.2, 0.25) is 0 Å². The molecule has 54 valence electrons. The van der Waals surface area contributed by atoms with Gasteiger partial charge in [0.2, 0.25) is 0 Å². The molecule has 0 aromatic carbocycles. The molecule has 2 heteroatoms. The molecule has 1 rings (SSSR count). The molecular formula is C7H14O2. The Balaban J connectivity index is 2.12. The lowest BCUT2D eigenvalue weighted by Crippen LogP contribution is -2.45. The van der Waals surface area contributed by atoms with Gasteiger partial charge in [0.15, 0.2) is 0 Å². The molecule has 2 nitrogen and oxygen atoms in total. The second-order valence-corrected chi connectivity index (χ2v) is 2.98. The third kappa shape index (κ3) is 1.66. The molecule has 1 fully saturated rings. The van der Waals surface area contributed by atoms with Crippen molar-refractivity contribution >= 4 is 0 Å². The monoisotopic (exact) mass is 130 g/mol. The average molecular weight is 130 g/mol. The average Bonchev–Trinajstić information content (AvgIpc) is 1.62. The van der Waals surface area contributed by atoms with Crippen molar-refractivity contribution in [2.75, 3.05) is 6.61 Å². The molecule has 1 saturated carbocycles. The van der Waals surface area contributed by atoms with Gasteiger partial charge in [0.05, 0.1) is 11.7 Å². The van der Waals surface area contributed by atoms with Crippen molar-refractivity contribution in [2.45, 2.75) is 38.4 Å². The Morgan fingerprint density at radius 2 is 2.22 bits per heavy atom. The Bertz CT molecular complexity index is 91.1. The molecule has 0 aliphatic heterocycles. The van der Waals surface area contributed by atoms with Crippen LogP contribution in [0.25, 0.3) is 0 Å². The van der Waals surface area contributed by atoms with E-state index in [9.17, 15) is 5.11 Å². The van der Waals surface area contributed by atoms with E-state index in [1.54, 1.807) is 0 Å². The quantitative estimate of drug-likeness (QED) is 0.602. The summed E-state index contributed by atoms with van der Waals surface area (Å²) >= 11 is 0. The number of hydrogen-bond donors (Lipinski definition) is 1. The summed E-state index contributed by atoms with van der Waals surface area (Å²) in [5.74, 6) is 0. The standard InChI is InChI=1S/C7H14O2/c1-3-9-6-4-7(2,8)5-6/h6,8H,3-5H2,1-2H3. The van der Waals surface area contributed by atoms with E-state index in [0.29, 0.717) is 6.10 Å². The normalized spacial score (nSPS) is 42.3. The van der Waals surface area contributed by atoms with E-state index >= 15 is 0 Å². The SMILES string of the molecule is CCOC1CC(C)(O)C1. The Hall–Kier alpha value is -0.0800. The highest BCUT2D eigenvalue weighted by Crippen LogP contribution is 2.33. The molecule has 0 bridgehead atoms. The van der Waals surface area contributed by atoms with Gasteiger partial charge < -0.3 is 9.84 Å². The summed E-state index contributed by atoms with van der Waals surface area (Å²) in [6.07, 6.45) is 1.94. The topological polar surface area (TPSA) is 29.5 Å². The second kappa shape index (κ2) is 2.27. The van der Waals surface area contributed by atoms with Gasteiger partial charge >= 0.3 is 0 Å². The van der Waals surface area contributed by atoms with Crippen molar-refractivity contribution in [1.29, 1.82) is 0 Å². The van der Waals surface area contributed by atoms with Crippen LogP contribution < -0.4 is 0 Å². The second-order valence-electron chi connectivity index (χ2n) is 2.98. The minimum atomic E-state index is -0.431. The van der Waals surface area contributed by atoms with Gasteiger partial charge in [-0.1, -0.05) is 0 Å². The van der Waals surface area contributed by atoms with Gasteiger partial charge in [-0.05, 0) is 13.8 Å². The summed E-state index contributed by atoms with van der Waals surface area (Å²) < 4.78 is 5.25. The highest BCUT2D eigenvalue weighted by molar-refractivity contribution is 4.91. The summed E-state index contributed by atoms with van der Waals surface area (Å²) in [5, 5.41) is 9.23. The van der Waals surface area contributed by atoms with Gasteiger partial charge in [-0.25, -0.2) is 0 Å². The largest absolute Gasteiger partial charge is 0.390 e. The highest BCUT2D eigenvalue weighted by Gasteiger charge is 2.38.